The van der Waals surface area contributed by atoms with Crippen LogP contribution in [0.4, 0.5) is 0 Å². The molecule has 0 radical (unpaired) electrons. The lowest BCUT2D eigenvalue weighted by molar-refractivity contribution is -0.140. The van der Waals surface area contributed by atoms with Crippen LogP contribution in [-0.2, 0) is 9.53 Å². The summed E-state index contributed by atoms with van der Waals surface area (Å²) in [6.07, 6.45) is 1.10. The largest absolute Gasteiger partial charge is 0.469 e. The molecular weight excluding hydrogens is 192 g/mol. The number of rotatable bonds is 5. The normalized spacial score (nSPS) is 12.1. The Bertz CT molecular complexity index is 295. The van der Waals surface area contributed by atoms with Crippen molar-refractivity contribution in [1.29, 1.82) is 0 Å². The maximum atomic E-state index is 10.8. The Kier molecular flexibility index (Phi) is 4.84. The van der Waals surface area contributed by atoms with Crippen LogP contribution in [-0.4, -0.2) is 18.2 Å². The molecule has 0 aliphatic rings. The summed E-state index contributed by atoms with van der Waals surface area (Å²) in [6, 6.07) is 9.44. The second-order valence-corrected chi connectivity index (χ2v) is 3.39. The molecule has 0 fully saturated rings. The van der Waals surface area contributed by atoms with Gasteiger partial charge in [-0.25, -0.2) is 0 Å². The molecule has 0 aliphatic heterocycles. The van der Waals surface area contributed by atoms with Crippen molar-refractivity contribution in [3.05, 3.63) is 35.9 Å². The van der Waals surface area contributed by atoms with Gasteiger partial charge in [-0.2, -0.15) is 0 Å². The summed E-state index contributed by atoms with van der Waals surface area (Å²) in [5.41, 5.74) is 0.891. The zero-order chi connectivity index (χ0) is 11.1. The Morgan fingerprint density at radius 1 is 1.40 bits per heavy atom. The van der Waals surface area contributed by atoms with Crippen LogP contribution in [0, 0.1) is 0 Å². The van der Waals surface area contributed by atoms with E-state index >= 15 is 0 Å². The Balaban J connectivity index is 2.31. The molecule has 0 bridgehead atoms. The number of carbonyl (C=O) groups excluding carboxylic acids is 1. The predicted octanol–water partition coefficient (Wildman–Crippen LogP) is 2.06. The highest BCUT2D eigenvalue weighted by Crippen LogP contribution is 2.18. The first-order chi connectivity index (χ1) is 7.24. The molecule has 1 rings (SSSR count). The van der Waals surface area contributed by atoms with Crippen molar-refractivity contribution in [3.63, 3.8) is 0 Å². The topological polar surface area (TPSA) is 46.5 Å². The van der Waals surface area contributed by atoms with Gasteiger partial charge in [-0.1, -0.05) is 30.3 Å². The van der Waals surface area contributed by atoms with E-state index in [2.05, 4.69) is 4.74 Å². The molecule has 0 saturated heterocycles. The van der Waals surface area contributed by atoms with E-state index in [0.717, 1.165) is 5.56 Å². The third kappa shape index (κ3) is 4.13. The van der Waals surface area contributed by atoms with Gasteiger partial charge in [0.2, 0.25) is 0 Å². The van der Waals surface area contributed by atoms with E-state index in [1.807, 2.05) is 30.3 Å². The monoisotopic (exact) mass is 208 g/mol. The number of benzene rings is 1. The molecule has 1 aromatic rings. The smallest absolute Gasteiger partial charge is 0.305 e. The SMILES string of the molecule is COC(=O)CCCC(O)c1ccccc1. The number of aliphatic hydroxyl groups excluding tert-OH is 1. The number of ether oxygens (including phenoxy) is 1. The Labute approximate surface area is 89.7 Å². The molecule has 1 aromatic carbocycles. The molecular formula is C12H16O3. The highest BCUT2D eigenvalue weighted by atomic mass is 16.5. The second-order valence-electron chi connectivity index (χ2n) is 3.39. The molecule has 1 N–H and O–H groups in total. The first-order valence-electron chi connectivity index (χ1n) is 5.04. The zero-order valence-corrected chi connectivity index (χ0v) is 8.85. The highest BCUT2D eigenvalue weighted by molar-refractivity contribution is 5.68. The molecule has 82 valence electrons. The van der Waals surface area contributed by atoms with Crippen LogP contribution in [0.1, 0.15) is 30.9 Å². The standard InChI is InChI=1S/C12H16O3/c1-15-12(14)9-5-8-11(13)10-6-3-2-4-7-10/h2-4,6-7,11,13H,5,8-9H2,1H3. The van der Waals surface area contributed by atoms with Gasteiger partial charge < -0.3 is 9.84 Å². The van der Waals surface area contributed by atoms with Crippen LogP contribution in [0.2, 0.25) is 0 Å². The molecule has 0 amide bonds. The lowest BCUT2D eigenvalue weighted by atomic mass is 10.0. The summed E-state index contributed by atoms with van der Waals surface area (Å²) in [6.45, 7) is 0. The summed E-state index contributed by atoms with van der Waals surface area (Å²) < 4.78 is 4.52. The van der Waals surface area contributed by atoms with E-state index in [-0.39, 0.29) is 5.97 Å². The average Bonchev–Trinajstić information content (AvgIpc) is 2.29. The first-order valence-corrected chi connectivity index (χ1v) is 5.04. The highest BCUT2D eigenvalue weighted by Gasteiger charge is 2.08. The maximum Gasteiger partial charge on any atom is 0.305 e. The predicted molar refractivity (Wildman–Crippen MR) is 57.3 cm³/mol. The van der Waals surface area contributed by atoms with Crippen LogP contribution in [0.15, 0.2) is 30.3 Å². The number of esters is 1. The van der Waals surface area contributed by atoms with Crippen LogP contribution >= 0.6 is 0 Å². The molecule has 15 heavy (non-hydrogen) atoms. The molecule has 0 aliphatic carbocycles. The van der Waals surface area contributed by atoms with Crippen molar-refractivity contribution in [3.8, 4) is 0 Å². The minimum absolute atomic E-state index is 0.227. The Hall–Kier alpha value is -1.35. The van der Waals surface area contributed by atoms with E-state index in [9.17, 15) is 9.90 Å². The molecule has 1 unspecified atom stereocenters. The summed E-state index contributed by atoms with van der Waals surface area (Å²) in [5, 5.41) is 9.75. The van der Waals surface area contributed by atoms with Gasteiger partial charge in [0.25, 0.3) is 0 Å². The lowest BCUT2D eigenvalue weighted by Crippen LogP contribution is -2.02. The van der Waals surface area contributed by atoms with Crippen molar-refractivity contribution in [2.75, 3.05) is 7.11 Å². The second kappa shape index (κ2) is 6.19. The Morgan fingerprint density at radius 3 is 2.67 bits per heavy atom. The van der Waals surface area contributed by atoms with Gasteiger partial charge in [0.05, 0.1) is 13.2 Å². The number of hydrogen-bond acceptors (Lipinski definition) is 3. The average molecular weight is 208 g/mol. The van der Waals surface area contributed by atoms with Crippen LogP contribution in [0.5, 0.6) is 0 Å². The molecule has 0 saturated carbocycles. The van der Waals surface area contributed by atoms with Gasteiger partial charge in [0.1, 0.15) is 0 Å². The van der Waals surface area contributed by atoms with Crippen LogP contribution in [0.25, 0.3) is 0 Å². The maximum absolute atomic E-state index is 10.8. The van der Waals surface area contributed by atoms with E-state index in [1.165, 1.54) is 7.11 Å². The molecule has 3 heteroatoms. The van der Waals surface area contributed by atoms with Gasteiger partial charge in [-0.3, -0.25) is 4.79 Å². The molecule has 0 spiro atoms. The van der Waals surface area contributed by atoms with Crippen molar-refractivity contribution < 1.29 is 14.6 Å². The fourth-order valence-corrected chi connectivity index (χ4v) is 1.38. The minimum atomic E-state index is -0.490. The van der Waals surface area contributed by atoms with Gasteiger partial charge >= 0.3 is 5.97 Å². The quantitative estimate of drug-likeness (QED) is 0.753. The molecule has 0 aromatic heterocycles. The van der Waals surface area contributed by atoms with Gasteiger partial charge in [0, 0.05) is 6.42 Å². The zero-order valence-electron chi connectivity index (χ0n) is 8.85. The van der Waals surface area contributed by atoms with E-state index in [4.69, 9.17) is 0 Å². The molecule has 0 heterocycles. The van der Waals surface area contributed by atoms with E-state index in [0.29, 0.717) is 19.3 Å². The fraction of sp³-hybridized carbons (Fsp3) is 0.417. The van der Waals surface area contributed by atoms with Gasteiger partial charge in [-0.15, -0.1) is 0 Å². The van der Waals surface area contributed by atoms with Crippen LogP contribution in [0.3, 0.4) is 0 Å². The van der Waals surface area contributed by atoms with E-state index in [1.54, 1.807) is 0 Å². The number of aliphatic hydroxyl groups is 1. The van der Waals surface area contributed by atoms with E-state index < -0.39 is 6.10 Å². The third-order valence-corrected chi connectivity index (χ3v) is 2.27. The van der Waals surface area contributed by atoms with Crippen molar-refractivity contribution in [1.82, 2.24) is 0 Å². The minimum Gasteiger partial charge on any atom is -0.469 e. The molecule has 3 nitrogen and oxygen atoms in total. The van der Waals surface area contributed by atoms with Crippen molar-refractivity contribution in [2.24, 2.45) is 0 Å². The number of methoxy groups -OCH3 is 1. The summed E-state index contributed by atoms with van der Waals surface area (Å²) in [7, 11) is 1.37. The van der Waals surface area contributed by atoms with Crippen molar-refractivity contribution in [2.45, 2.75) is 25.4 Å². The summed E-state index contributed by atoms with van der Waals surface area (Å²) in [4.78, 5) is 10.8. The van der Waals surface area contributed by atoms with Gasteiger partial charge in [0.15, 0.2) is 0 Å². The molecule has 1 atom stereocenters. The summed E-state index contributed by atoms with van der Waals surface area (Å²) >= 11 is 0. The van der Waals surface area contributed by atoms with Crippen LogP contribution < -0.4 is 0 Å². The van der Waals surface area contributed by atoms with Gasteiger partial charge in [-0.05, 0) is 18.4 Å². The lowest BCUT2D eigenvalue weighted by Gasteiger charge is -2.09. The summed E-state index contributed by atoms with van der Waals surface area (Å²) in [5.74, 6) is -0.227. The third-order valence-electron chi connectivity index (χ3n) is 2.27. The number of hydrogen-bond donors (Lipinski definition) is 1. The fourth-order valence-electron chi connectivity index (χ4n) is 1.38. The Morgan fingerprint density at radius 2 is 2.07 bits per heavy atom. The number of carbonyl (C=O) groups is 1. The first kappa shape index (κ1) is 11.7. The van der Waals surface area contributed by atoms with Crippen molar-refractivity contribution >= 4 is 5.97 Å².